The molecule has 1 heteroatoms. The molecule has 0 saturated carbocycles. The number of rotatable bonds is 0. The van der Waals surface area contributed by atoms with Gasteiger partial charge in [0, 0.05) is 9.84 Å². The van der Waals surface area contributed by atoms with Gasteiger partial charge in [-0.25, -0.2) is 0 Å². The fraction of sp³-hybridized carbons (Fsp3) is 0.600. The molecule has 3 aliphatic carbocycles. The molecule has 0 aromatic carbocycles. The van der Waals surface area contributed by atoms with Gasteiger partial charge in [-0.15, -0.1) is 0 Å². The van der Waals surface area contributed by atoms with Gasteiger partial charge < -0.3 is 0 Å². The first-order valence-electron chi connectivity index (χ1n) is 6.38. The molecule has 0 spiro atoms. The van der Waals surface area contributed by atoms with Crippen LogP contribution in [0.4, 0.5) is 0 Å². The Morgan fingerprint density at radius 3 is 3.06 bits per heavy atom. The van der Waals surface area contributed by atoms with Crippen LogP contribution >= 0.6 is 22.6 Å². The average molecular weight is 324 g/mol. The van der Waals surface area contributed by atoms with Crippen molar-refractivity contribution in [1.82, 2.24) is 0 Å². The zero-order valence-corrected chi connectivity index (χ0v) is 11.6. The number of alkyl halides is 1. The summed E-state index contributed by atoms with van der Waals surface area (Å²) in [5.74, 6) is 8.89. The Bertz CT molecular complexity index is 393. The lowest BCUT2D eigenvalue weighted by Gasteiger charge is -2.30. The van der Waals surface area contributed by atoms with Crippen molar-refractivity contribution in [3.05, 3.63) is 23.8 Å². The van der Waals surface area contributed by atoms with Gasteiger partial charge in [0.05, 0.1) is 5.92 Å². The highest BCUT2D eigenvalue weighted by atomic mass is 127. The molecule has 0 amide bonds. The van der Waals surface area contributed by atoms with E-state index in [2.05, 4.69) is 52.7 Å². The van der Waals surface area contributed by atoms with E-state index in [0.29, 0.717) is 15.8 Å². The summed E-state index contributed by atoms with van der Waals surface area (Å²) < 4.78 is 0.691. The second-order valence-electron chi connectivity index (χ2n) is 5.06. The highest BCUT2D eigenvalue weighted by Crippen LogP contribution is 2.42. The largest absolute Gasteiger partial charge is 0.0948 e. The predicted octanol–water partition coefficient (Wildman–Crippen LogP) is 4.12. The Balaban J connectivity index is 2.03. The van der Waals surface area contributed by atoms with Crippen LogP contribution in [-0.2, 0) is 0 Å². The van der Waals surface area contributed by atoms with E-state index in [0.717, 1.165) is 5.92 Å². The van der Waals surface area contributed by atoms with Gasteiger partial charge in [-0.1, -0.05) is 58.2 Å². The fourth-order valence-electron chi connectivity index (χ4n) is 3.18. The Morgan fingerprint density at radius 1 is 1.19 bits per heavy atom. The SMILES string of the molecule is IC1C2C#CC(CC/C=C\2)C2=CCCCC21. The van der Waals surface area contributed by atoms with Crippen LogP contribution in [0.3, 0.4) is 0 Å². The number of hydrogen-bond acceptors (Lipinski definition) is 0. The smallest absolute Gasteiger partial charge is 0.0506 e. The summed E-state index contributed by atoms with van der Waals surface area (Å²) in [6, 6.07) is 0. The zero-order chi connectivity index (χ0) is 11.0. The van der Waals surface area contributed by atoms with Crippen LogP contribution in [-0.4, -0.2) is 3.92 Å². The highest BCUT2D eigenvalue weighted by Gasteiger charge is 2.34. The molecule has 4 unspecified atom stereocenters. The first-order valence-corrected chi connectivity index (χ1v) is 7.62. The van der Waals surface area contributed by atoms with Crippen LogP contribution in [0.25, 0.3) is 0 Å². The van der Waals surface area contributed by atoms with Gasteiger partial charge in [0.25, 0.3) is 0 Å². The van der Waals surface area contributed by atoms with Crippen LogP contribution < -0.4 is 0 Å². The molecule has 16 heavy (non-hydrogen) atoms. The Kier molecular flexibility index (Phi) is 3.11. The standard InChI is InChI=1S/C15H17I/c16-15-12-6-2-1-5-11(9-10-12)13-7-3-4-8-14(13)15/h2,6-7,11-12,14-15H,1,3-5,8H2/b6-2-. The average Bonchev–Trinajstić information content (AvgIpc) is 2.36. The first-order chi connectivity index (χ1) is 7.86. The van der Waals surface area contributed by atoms with Crippen molar-refractivity contribution in [2.45, 2.75) is 36.0 Å². The molecule has 0 heterocycles. The minimum absolute atomic E-state index is 0.498. The molecule has 0 radical (unpaired) electrons. The van der Waals surface area contributed by atoms with E-state index in [9.17, 15) is 0 Å². The van der Waals surface area contributed by atoms with Gasteiger partial charge in [-0.2, -0.15) is 0 Å². The van der Waals surface area contributed by atoms with E-state index in [1.807, 2.05) is 0 Å². The zero-order valence-electron chi connectivity index (χ0n) is 9.45. The van der Waals surface area contributed by atoms with Gasteiger partial charge in [-0.3, -0.25) is 0 Å². The Morgan fingerprint density at radius 2 is 2.12 bits per heavy atom. The van der Waals surface area contributed by atoms with Crippen molar-refractivity contribution in [2.24, 2.45) is 17.8 Å². The number of allylic oxidation sites excluding steroid dienone is 4. The van der Waals surface area contributed by atoms with Crippen molar-refractivity contribution < 1.29 is 0 Å². The quantitative estimate of drug-likeness (QED) is 0.272. The van der Waals surface area contributed by atoms with Gasteiger partial charge >= 0.3 is 0 Å². The topological polar surface area (TPSA) is 0 Å². The lowest BCUT2D eigenvalue weighted by Crippen LogP contribution is -2.25. The molecule has 0 fully saturated rings. The summed E-state index contributed by atoms with van der Waals surface area (Å²) in [5.41, 5.74) is 1.68. The molecule has 4 atom stereocenters. The Hall–Kier alpha value is -0.230. The van der Waals surface area contributed by atoms with Crippen molar-refractivity contribution >= 4 is 22.6 Å². The van der Waals surface area contributed by atoms with E-state index < -0.39 is 0 Å². The normalized spacial score (nSPS) is 42.9. The lowest BCUT2D eigenvalue weighted by atomic mass is 9.78. The molecular formula is C15H17I. The maximum atomic E-state index is 3.54. The predicted molar refractivity (Wildman–Crippen MR) is 76.4 cm³/mol. The van der Waals surface area contributed by atoms with Crippen molar-refractivity contribution in [3.8, 4) is 11.8 Å². The summed E-state index contributed by atoms with van der Waals surface area (Å²) >= 11 is 2.64. The third kappa shape index (κ3) is 1.86. The molecule has 2 bridgehead atoms. The lowest BCUT2D eigenvalue weighted by molar-refractivity contribution is 0.451. The third-order valence-corrected chi connectivity index (χ3v) is 5.69. The maximum absolute atomic E-state index is 3.54. The van der Waals surface area contributed by atoms with Crippen molar-refractivity contribution in [1.29, 1.82) is 0 Å². The fourth-order valence-corrected chi connectivity index (χ4v) is 4.37. The first kappa shape index (κ1) is 10.9. The van der Waals surface area contributed by atoms with Gasteiger partial charge in [-0.05, 0) is 38.0 Å². The maximum Gasteiger partial charge on any atom is 0.0506 e. The van der Waals surface area contributed by atoms with E-state index in [1.165, 1.54) is 32.1 Å². The van der Waals surface area contributed by atoms with E-state index in [4.69, 9.17) is 0 Å². The second kappa shape index (κ2) is 4.56. The summed E-state index contributed by atoms with van der Waals surface area (Å²) in [6.07, 6.45) is 13.7. The van der Waals surface area contributed by atoms with Gasteiger partial charge in [0.15, 0.2) is 0 Å². The van der Waals surface area contributed by atoms with E-state index in [1.54, 1.807) is 5.57 Å². The highest BCUT2D eigenvalue weighted by molar-refractivity contribution is 14.1. The van der Waals surface area contributed by atoms with Gasteiger partial charge in [0.2, 0.25) is 0 Å². The molecule has 0 aromatic heterocycles. The third-order valence-electron chi connectivity index (χ3n) is 4.05. The number of hydrogen-bond donors (Lipinski definition) is 0. The molecule has 0 aromatic rings. The van der Waals surface area contributed by atoms with Crippen molar-refractivity contribution in [3.63, 3.8) is 0 Å². The second-order valence-corrected chi connectivity index (χ2v) is 6.50. The number of halogens is 1. The van der Waals surface area contributed by atoms with Crippen molar-refractivity contribution in [2.75, 3.05) is 0 Å². The van der Waals surface area contributed by atoms with E-state index in [-0.39, 0.29) is 0 Å². The Labute approximate surface area is 112 Å². The van der Waals surface area contributed by atoms with Crippen LogP contribution in [0.5, 0.6) is 0 Å². The number of fused-ring (bicyclic) bond motifs is 4. The molecule has 0 N–H and O–H groups in total. The molecule has 0 saturated heterocycles. The van der Waals surface area contributed by atoms with Gasteiger partial charge in [0.1, 0.15) is 0 Å². The van der Waals surface area contributed by atoms with Crippen LogP contribution in [0, 0.1) is 29.6 Å². The molecule has 84 valence electrons. The summed E-state index contributed by atoms with van der Waals surface area (Å²) in [4.78, 5) is 0. The summed E-state index contributed by atoms with van der Waals surface area (Å²) in [7, 11) is 0. The molecule has 3 aliphatic rings. The van der Waals surface area contributed by atoms with E-state index >= 15 is 0 Å². The van der Waals surface area contributed by atoms with Crippen LogP contribution in [0.15, 0.2) is 23.8 Å². The molecule has 0 nitrogen and oxygen atoms in total. The monoisotopic (exact) mass is 324 g/mol. The summed E-state index contributed by atoms with van der Waals surface area (Å²) in [5, 5.41) is 0. The minimum Gasteiger partial charge on any atom is -0.0948 e. The molecular weight excluding hydrogens is 307 g/mol. The summed E-state index contributed by atoms with van der Waals surface area (Å²) in [6.45, 7) is 0. The minimum atomic E-state index is 0.498. The molecule has 0 aliphatic heterocycles. The van der Waals surface area contributed by atoms with Crippen LogP contribution in [0.2, 0.25) is 0 Å². The molecule has 3 rings (SSSR count). The van der Waals surface area contributed by atoms with Crippen LogP contribution in [0.1, 0.15) is 32.1 Å².